The molecular formula is C25H30N2O6. The standard InChI is InChI=1S/C25H30N2O6/c1-25(2,3)33-22(29)15-27-14-19(18-11-7-8-12-20(18)27)23(30)21(28)13-26-24(31)32-16-17-9-5-4-6-10-17/h4-12,14,21,23,28,30H,13,15-16H2,1-3H3,(H,26,31). The first kappa shape index (κ1) is 24.3. The Bertz CT molecular complexity index is 1090. The maximum atomic E-state index is 12.3. The zero-order valence-corrected chi connectivity index (χ0v) is 19.0. The van der Waals surface area contributed by atoms with E-state index in [4.69, 9.17) is 9.47 Å². The highest BCUT2D eigenvalue weighted by Gasteiger charge is 2.25. The van der Waals surface area contributed by atoms with E-state index in [0.29, 0.717) is 10.9 Å². The van der Waals surface area contributed by atoms with E-state index in [1.807, 2.05) is 48.5 Å². The number of para-hydroxylation sites is 1. The summed E-state index contributed by atoms with van der Waals surface area (Å²) >= 11 is 0. The van der Waals surface area contributed by atoms with Crippen molar-refractivity contribution in [3.05, 3.63) is 71.9 Å². The smallest absolute Gasteiger partial charge is 0.407 e. The minimum Gasteiger partial charge on any atom is -0.459 e. The van der Waals surface area contributed by atoms with Crippen molar-refractivity contribution < 1.29 is 29.3 Å². The van der Waals surface area contributed by atoms with Gasteiger partial charge in [-0.2, -0.15) is 0 Å². The highest BCUT2D eigenvalue weighted by atomic mass is 16.6. The van der Waals surface area contributed by atoms with Gasteiger partial charge in [0.15, 0.2) is 0 Å². The molecule has 0 saturated heterocycles. The first-order valence-corrected chi connectivity index (χ1v) is 10.7. The number of alkyl carbamates (subject to hydrolysis) is 1. The molecule has 8 nitrogen and oxygen atoms in total. The summed E-state index contributed by atoms with van der Waals surface area (Å²) in [6.07, 6.45) is -1.65. The van der Waals surface area contributed by atoms with Gasteiger partial charge in [0.2, 0.25) is 0 Å². The molecule has 1 aromatic heterocycles. The van der Waals surface area contributed by atoms with E-state index in [2.05, 4.69) is 5.32 Å². The molecule has 0 aliphatic rings. The fourth-order valence-electron chi connectivity index (χ4n) is 3.44. The Balaban J connectivity index is 1.64. The van der Waals surface area contributed by atoms with Gasteiger partial charge in [-0.25, -0.2) is 4.79 Å². The molecule has 1 amide bonds. The molecule has 3 N–H and O–H groups in total. The van der Waals surface area contributed by atoms with Crippen LogP contribution >= 0.6 is 0 Å². The molecule has 3 aromatic rings. The minimum atomic E-state index is -1.29. The largest absolute Gasteiger partial charge is 0.459 e. The number of hydrogen-bond acceptors (Lipinski definition) is 6. The molecule has 0 fully saturated rings. The van der Waals surface area contributed by atoms with Gasteiger partial charge >= 0.3 is 12.1 Å². The molecule has 176 valence electrons. The van der Waals surface area contributed by atoms with Gasteiger partial charge in [-0.05, 0) is 32.4 Å². The van der Waals surface area contributed by atoms with Crippen LogP contribution in [-0.2, 0) is 27.4 Å². The van der Waals surface area contributed by atoms with Crippen LogP contribution in [0.3, 0.4) is 0 Å². The SMILES string of the molecule is CC(C)(C)OC(=O)Cn1cc(C(O)C(O)CNC(=O)OCc2ccccc2)c2ccccc21. The normalized spacial score (nSPS) is 13.4. The Morgan fingerprint density at radius 1 is 1.03 bits per heavy atom. The van der Waals surface area contributed by atoms with Crippen LogP contribution < -0.4 is 5.32 Å². The van der Waals surface area contributed by atoms with Gasteiger partial charge in [0, 0.05) is 29.2 Å². The van der Waals surface area contributed by atoms with E-state index in [1.54, 1.807) is 37.6 Å². The average molecular weight is 455 g/mol. The van der Waals surface area contributed by atoms with Gasteiger partial charge in [-0.3, -0.25) is 4.79 Å². The number of fused-ring (bicyclic) bond motifs is 1. The summed E-state index contributed by atoms with van der Waals surface area (Å²) in [5.41, 5.74) is 1.39. The summed E-state index contributed by atoms with van der Waals surface area (Å²) in [6.45, 7) is 5.24. The highest BCUT2D eigenvalue weighted by Crippen LogP contribution is 2.28. The van der Waals surface area contributed by atoms with Crippen LogP contribution in [0.25, 0.3) is 10.9 Å². The maximum Gasteiger partial charge on any atom is 0.407 e. The maximum absolute atomic E-state index is 12.3. The number of esters is 1. The number of amides is 1. The summed E-state index contributed by atoms with van der Waals surface area (Å²) in [5, 5.41) is 24.4. The van der Waals surface area contributed by atoms with Crippen LogP contribution in [0.2, 0.25) is 0 Å². The molecule has 0 radical (unpaired) electrons. The Kier molecular flexibility index (Phi) is 7.73. The summed E-state index contributed by atoms with van der Waals surface area (Å²) in [5.74, 6) is -0.410. The topological polar surface area (TPSA) is 110 Å². The first-order valence-electron chi connectivity index (χ1n) is 10.7. The van der Waals surface area contributed by atoms with Crippen LogP contribution in [0.5, 0.6) is 0 Å². The van der Waals surface area contributed by atoms with Crippen LogP contribution in [0.1, 0.15) is 38.0 Å². The lowest BCUT2D eigenvalue weighted by Crippen LogP contribution is -2.35. The fraction of sp³-hybridized carbons (Fsp3) is 0.360. The third-order valence-electron chi connectivity index (χ3n) is 4.89. The summed E-state index contributed by atoms with van der Waals surface area (Å²) < 4.78 is 12.2. The molecule has 0 aliphatic carbocycles. The molecule has 0 bridgehead atoms. The zero-order chi connectivity index (χ0) is 24.0. The third kappa shape index (κ3) is 6.81. The summed E-state index contributed by atoms with van der Waals surface area (Å²) in [6, 6.07) is 16.5. The second-order valence-corrected chi connectivity index (χ2v) is 8.77. The molecule has 8 heteroatoms. The predicted molar refractivity (Wildman–Crippen MR) is 123 cm³/mol. The van der Waals surface area contributed by atoms with Crippen molar-refractivity contribution in [2.75, 3.05) is 6.54 Å². The number of aliphatic hydroxyl groups excluding tert-OH is 2. The summed E-state index contributed by atoms with van der Waals surface area (Å²) in [7, 11) is 0. The number of nitrogens with zero attached hydrogens (tertiary/aromatic N) is 1. The van der Waals surface area contributed by atoms with E-state index in [1.165, 1.54) is 0 Å². The minimum absolute atomic E-state index is 0.0370. The van der Waals surface area contributed by atoms with Gasteiger partial charge in [0.1, 0.15) is 31.0 Å². The second-order valence-electron chi connectivity index (χ2n) is 8.77. The number of carbonyl (C=O) groups excluding carboxylic acids is 2. The van der Waals surface area contributed by atoms with E-state index >= 15 is 0 Å². The van der Waals surface area contributed by atoms with Crippen molar-refractivity contribution in [3.63, 3.8) is 0 Å². The Morgan fingerprint density at radius 2 is 1.70 bits per heavy atom. The van der Waals surface area contributed by atoms with E-state index in [-0.39, 0.29) is 19.7 Å². The summed E-state index contributed by atoms with van der Waals surface area (Å²) in [4.78, 5) is 24.3. The molecule has 1 heterocycles. The molecule has 2 unspecified atom stereocenters. The molecule has 33 heavy (non-hydrogen) atoms. The number of nitrogens with one attached hydrogen (secondary N) is 1. The number of hydrogen-bond donors (Lipinski definition) is 3. The molecule has 0 spiro atoms. The number of ether oxygens (including phenoxy) is 2. The molecule has 0 saturated carbocycles. The quantitative estimate of drug-likeness (QED) is 0.451. The van der Waals surface area contributed by atoms with Gasteiger partial charge in [-0.1, -0.05) is 48.5 Å². The van der Waals surface area contributed by atoms with Crippen LogP contribution in [0, 0.1) is 0 Å². The lowest BCUT2D eigenvalue weighted by atomic mass is 10.0. The monoisotopic (exact) mass is 454 g/mol. The third-order valence-corrected chi connectivity index (χ3v) is 4.89. The van der Waals surface area contributed by atoms with Crippen molar-refractivity contribution >= 4 is 23.0 Å². The average Bonchev–Trinajstić information content (AvgIpc) is 3.13. The van der Waals surface area contributed by atoms with Crippen LogP contribution in [0.4, 0.5) is 4.79 Å². The molecule has 2 atom stereocenters. The number of aromatic nitrogens is 1. The lowest BCUT2D eigenvalue weighted by Gasteiger charge is -2.20. The van der Waals surface area contributed by atoms with E-state index in [0.717, 1.165) is 11.1 Å². The van der Waals surface area contributed by atoms with E-state index < -0.39 is 29.9 Å². The van der Waals surface area contributed by atoms with Gasteiger partial charge in [-0.15, -0.1) is 0 Å². The number of aliphatic hydroxyl groups is 2. The van der Waals surface area contributed by atoms with Crippen molar-refractivity contribution in [1.29, 1.82) is 0 Å². The lowest BCUT2D eigenvalue weighted by molar-refractivity contribution is -0.155. The Hall–Kier alpha value is -3.36. The predicted octanol–water partition coefficient (Wildman–Crippen LogP) is 3.30. The first-order chi connectivity index (χ1) is 15.6. The molecule has 2 aromatic carbocycles. The molecule has 0 aliphatic heterocycles. The van der Waals surface area contributed by atoms with Crippen molar-refractivity contribution in [2.45, 2.75) is 51.7 Å². The highest BCUT2D eigenvalue weighted by molar-refractivity contribution is 5.86. The number of carbonyl (C=O) groups is 2. The Labute approximate surface area is 192 Å². The molecular weight excluding hydrogens is 424 g/mol. The van der Waals surface area contributed by atoms with Crippen LogP contribution in [-0.4, -0.2) is 45.1 Å². The van der Waals surface area contributed by atoms with Gasteiger partial charge in [0.25, 0.3) is 0 Å². The molecule has 3 rings (SSSR count). The zero-order valence-electron chi connectivity index (χ0n) is 19.0. The second kappa shape index (κ2) is 10.5. The number of rotatable bonds is 8. The van der Waals surface area contributed by atoms with Crippen LogP contribution in [0.15, 0.2) is 60.8 Å². The van der Waals surface area contributed by atoms with Crippen molar-refractivity contribution in [1.82, 2.24) is 9.88 Å². The van der Waals surface area contributed by atoms with Crippen molar-refractivity contribution in [2.24, 2.45) is 0 Å². The van der Waals surface area contributed by atoms with Crippen molar-refractivity contribution in [3.8, 4) is 0 Å². The van der Waals surface area contributed by atoms with Gasteiger partial charge < -0.3 is 29.6 Å². The number of benzene rings is 2. The van der Waals surface area contributed by atoms with E-state index in [9.17, 15) is 19.8 Å². The fourth-order valence-corrected chi connectivity index (χ4v) is 3.44. The Morgan fingerprint density at radius 3 is 2.39 bits per heavy atom. The van der Waals surface area contributed by atoms with Gasteiger partial charge in [0.05, 0.1) is 0 Å².